The van der Waals surface area contributed by atoms with E-state index in [1.54, 1.807) is 6.07 Å². The molecule has 2 aliphatic rings. The monoisotopic (exact) mass is 279 g/mol. The van der Waals surface area contributed by atoms with Crippen molar-refractivity contribution in [2.24, 2.45) is 5.92 Å². The Kier molecular flexibility index (Phi) is 3.96. The van der Waals surface area contributed by atoms with Gasteiger partial charge < -0.3 is 10.6 Å². The Morgan fingerprint density at radius 2 is 1.74 bits per heavy atom. The number of halogens is 1. The van der Waals surface area contributed by atoms with Crippen LogP contribution in [0.1, 0.15) is 18.4 Å². The summed E-state index contributed by atoms with van der Waals surface area (Å²) in [5.74, 6) is 0.999. The van der Waals surface area contributed by atoms with Crippen molar-refractivity contribution >= 4 is 17.3 Å². The summed E-state index contributed by atoms with van der Waals surface area (Å²) in [6.45, 7) is 6.98. The second-order valence-corrected chi connectivity index (χ2v) is 6.35. The third-order valence-corrected chi connectivity index (χ3v) is 4.28. The fourth-order valence-corrected chi connectivity index (χ4v) is 3.09. The molecule has 0 aromatic heterocycles. The molecule has 0 amide bonds. The van der Waals surface area contributed by atoms with Crippen LogP contribution >= 0.6 is 11.6 Å². The van der Waals surface area contributed by atoms with Crippen LogP contribution in [-0.2, 0) is 6.54 Å². The number of piperazine rings is 1. The highest BCUT2D eigenvalue weighted by Gasteiger charge is 2.26. The second kappa shape index (κ2) is 5.70. The van der Waals surface area contributed by atoms with E-state index >= 15 is 0 Å². The molecule has 1 aliphatic carbocycles. The maximum atomic E-state index is 6.05. The predicted octanol–water partition coefficient (Wildman–Crippen LogP) is 2.45. The molecule has 0 spiro atoms. The first-order chi connectivity index (χ1) is 9.19. The maximum Gasteiger partial charge on any atom is 0.0429 e. The standard InChI is InChI=1S/C15H22ClN3/c16-14-7-13(8-15(17)9-14)11-19-5-3-18(4-6-19)10-12-1-2-12/h7-9,12H,1-6,10-11,17H2. The van der Waals surface area contributed by atoms with Gasteiger partial charge in [0.1, 0.15) is 0 Å². The van der Waals surface area contributed by atoms with Crippen LogP contribution < -0.4 is 5.73 Å². The van der Waals surface area contributed by atoms with Crippen LogP contribution in [0.2, 0.25) is 5.02 Å². The Bertz CT molecular complexity index is 417. The summed E-state index contributed by atoms with van der Waals surface area (Å²) < 4.78 is 0. The molecule has 3 rings (SSSR count). The van der Waals surface area contributed by atoms with E-state index in [0.29, 0.717) is 0 Å². The Morgan fingerprint density at radius 3 is 2.37 bits per heavy atom. The summed E-state index contributed by atoms with van der Waals surface area (Å²) in [5.41, 5.74) is 7.82. The SMILES string of the molecule is Nc1cc(Cl)cc(CN2CCN(CC3CC3)CC2)c1. The van der Waals surface area contributed by atoms with Crippen LogP contribution in [-0.4, -0.2) is 42.5 Å². The number of benzene rings is 1. The molecule has 4 heteroatoms. The van der Waals surface area contributed by atoms with Crippen molar-refractivity contribution in [1.29, 1.82) is 0 Å². The van der Waals surface area contributed by atoms with E-state index in [1.165, 1.54) is 38.0 Å². The first kappa shape index (κ1) is 13.2. The summed E-state index contributed by atoms with van der Waals surface area (Å²) in [4.78, 5) is 5.11. The van der Waals surface area contributed by atoms with Crippen LogP contribution in [0, 0.1) is 5.92 Å². The lowest BCUT2D eigenvalue weighted by molar-refractivity contribution is 0.123. The summed E-state index contributed by atoms with van der Waals surface area (Å²) in [5, 5.41) is 0.738. The van der Waals surface area contributed by atoms with Gasteiger partial charge in [-0.15, -0.1) is 0 Å². The van der Waals surface area contributed by atoms with Gasteiger partial charge in [0.05, 0.1) is 0 Å². The normalized spacial score (nSPS) is 21.7. The fraction of sp³-hybridized carbons (Fsp3) is 0.600. The number of nitrogen functional groups attached to an aromatic ring is 1. The van der Waals surface area contributed by atoms with E-state index in [0.717, 1.165) is 36.3 Å². The molecule has 0 bridgehead atoms. The number of nitrogens with two attached hydrogens (primary N) is 1. The lowest BCUT2D eigenvalue weighted by atomic mass is 10.1. The smallest absolute Gasteiger partial charge is 0.0429 e. The number of hydrogen-bond donors (Lipinski definition) is 1. The average Bonchev–Trinajstić information content (AvgIpc) is 3.14. The van der Waals surface area contributed by atoms with Crippen LogP contribution in [0.4, 0.5) is 5.69 Å². The average molecular weight is 280 g/mol. The minimum absolute atomic E-state index is 0.738. The van der Waals surface area contributed by atoms with Gasteiger partial charge in [-0.1, -0.05) is 11.6 Å². The first-order valence-corrected chi connectivity index (χ1v) is 7.56. The Labute approximate surface area is 120 Å². The zero-order valence-corrected chi connectivity index (χ0v) is 12.1. The van der Waals surface area contributed by atoms with E-state index in [2.05, 4.69) is 9.80 Å². The fourth-order valence-electron chi connectivity index (χ4n) is 2.82. The molecule has 19 heavy (non-hydrogen) atoms. The molecule has 1 aromatic carbocycles. The number of anilines is 1. The van der Waals surface area contributed by atoms with Gasteiger partial charge in [-0.2, -0.15) is 0 Å². The van der Waals surface area contributed by atoms with Crippen LogP contribution in [0.15, 0.2) is 18.2 Å². The van der Waals surface area contributed by atoms with Gasteiger partial charge in [0, 0.05) is 50.0 Å². The summed E-state index contributed by atoms with van der Waals surface area (Å²) >= 11 is 6.05. The lowest BCUT2D eigenvalue weighted by Gasteiger charge is -2.34. The van der Waals surface area contributed by atoms with Crippen molar-refractivity contribution < 1.29 is 0 Å². The molecule has 1 saturated heterocycles. The number of hydrogen-bond acceptors (Lipinski definition) is 3. The third kappa shape index (κ3) is 3.85. The van der Waals surface area contributed by atoms with Crippen molar-refractivity contribution in [3.05, 3.63) is 28.8 Å². The number of nitrogens with zero attached hydrogens (tertiary/aromatic N) is 2. The van der Waals surface area contributed by atoms with Gasteiger partial charge in [0.15, 0.2) is 0 Å². The zero-order chi connectivity index (χ0) is 13.2. The van der Waals surface area contributed by atoms with Crippen LogP contribution in [0.3, 0.4) is 0 Å². The maximum absolute atomic E-state index is 6.05. The molecular weight excluding hydrogens is 258 g/mol. The quantitative estimate of drug-likeness (QED) is 0.860. The van der Waals surface area contributed by atoms with Crippen LogP contribution in [0.25, 0.3) is 0 Å². The molecule has 1 heterocycles. The van der Waals surface area contributed by atoms with Gasteiger partial charge in [0.2, 0.25) is 0 Å². The van der Waals surface area contributed by atoms with Crippen molar-refractivity contribution in [1.82, 2.24) is 9.80 Å². The molecule has 0 atom stereocenters. The summed E-state index contributed by atoms with van der Waals surface area (Å²) in [7, 11) is 0. The van der Waals surface area contributed by atoms with Gasteiger partial charge in [-0.25, -0.2) is 0 Å². The Balaban J connectivity index is 1.50. The Morgan fingerprint density at radius 1 is 1.05 bits per heavy atom. The van der Waals surface area contributed by atoms with E-state index in [4.69, 9.17) is 17.3 Å². The van der Waals surface area contributed by atoms with Crippen LogP contribution in [0.5, 0.6) is 0 Å². The predicted molar refractivity (Wildman–Crippen MR) is 80.3 cm³/mol. The van der Waals surface area contributed by atoms with E-state index in [1.807, 2.05) is 12.1 Å². The van der Waals surface area contributed by atoms with Gasteiger partial charge >= 0.3 is 0 Å². The Hall–Kier alpha value is -0.770. The first-order valence-electron chi connectivity index (χ1n) is 7.19. The minimum atomic E-state index is 0.738. The molecular formula is C15H22ClN3. The lowest BCUT2D eigenvalue weighted by Crippen LogP contribution is -2.46. The van der Waals surface area contributed by atoms with E-state index in [-0.39, 0.29) is 0 Å². The van der Waals surface area contributed by atoms with E-state index in [9.17, 15) is 0 Å². The highest BCUT2D eigenvalue weighted by molar-refractivity contribution is 6.30. The molecule has 2 N–H and O–H groups in total. The number of rotatable bonds is 4. The van der Waals surface area contributed by atoms with Gasteiger partial charge in [-0.3, -0.25) is 4.90 Å². The van der Waals surface area contributed by atoms with Crippen molar-refractivity contribution in [3.8, 4) is 0 Å². The molecule has 1 aromatic rings. The second-order valence-electron chi connectivity index (χ2n) is 5.91. The molecule has 1 saturated carbocycles. The molecule has 2 fully saturated rings. The highest BCUT2D eigenvalue weighted by Crippen LogP contribution is 2.30. The summed E-state index contributed by atoms with van der Waals surface area (Å²) in [6.07, 6.45) is 2.89. The molecule has 3 nitrogen and oxygen atoms in total. The molecule has 0 radical (unpaired) electrons. The highest BCUT2D eigenvalue weighted by atomic mass is 35.5. The molecule has 1 aliphatic heterocycles. The third-order valence-electron chi connectivity index (χ3n) is 4.06. The summed E-state index contributed by atoms with van der Waals surface area (Å²) in [6, 6.07) is 5.86. The molecule has 0 unspecified atom stereocenters. The van der Waals surface area contributed by atoms with E-state index < -0.39 is 0 Å². The van der Waals surface area contributed by atoms with Gasteiger partial charge in [-0.05, 0) is 42.5 Å². The topological polar surface area (TPSA) is 32.5 Å². The van der Waals surface area contributed by atoms with Gasteiger partial charge in [0.25, 0.3) is 0 Å². The van der Waals surface area contributed by atoms with Crippen molar-refractivity contribution in [3.63, 3.8) is 0 Å². The zero-order valence-electron chi connectivity index (χ0n) is 11.3. The largest absolute Gasteiger partial charge is 0.399 e. The minimum Gasteiger partial charge on any atom is -0.399 e. The van der Waals surface area contributed by atoms with Crippen molar-refractivity contribution in [2.45, 2.75) is 19.4 Å². The molecule has 104 valence electrons. The van der Waals surface area contributed by atoms with Crippen molar-refractivity contribution in [2.75, 3.05) is 38.5 Å².